The summed E-state index contributed by atoms with van der Waals surface area (Å²) in [5.41, 5.74) is 0.412. The van der Waals surface area contributed by atoms with Crippen LogP contribution in [0.3, 0.4) is 0 Å². The van der Waals surface area contributed by atoms with Gasteiger partial charge in [0, 0.05) is 13.2 Å². The molecule has 0 aliphatic carbocycles. The number of esters is 1. The average molecular weight is 227 g/mol. The van der Waals surface area contributed by atoms with Crippen molar-refractivity contribution in [1.29, 1.82) is 0 Å². The first-order chi connectivity index (χ1) is 7.67. The number of rotatable bonds is 6. The predicted molar refractivity (Wildman–Crippen MR) is 58.0 cm³/mol. The van der Waals surface area contributed by atoms with Crippen LogP contribution in [0.5, 0.6) is 0 Å². The number of hydrogen-bond acceptors (Lipinski definition) is 5. The van der Waals surface area contributed by atoms with Crippen LogP contribution in [0.1, 0.15) is 23.0 Å². The molecule has 1 rings (SSSR count). The van der Waals surface area contributed by atoms with E-state index < -0.39 is 5.97 Å². The molecule has 0 saturated carbocycles. The standard InChI is InChI=1S/C11H17NO4/c1-8(6-13)4-12-5-10-3-9(7-16-10)11(14)15-2/h3,7-8,12-13H,4-6H2,1-2H3. The van der Waals surface area contributed by atoms with Gasteiger partial charge in [-0.25, -0.2) is 4.79 Å². The molecule has 0 aromatic carbocycles. The van der Waals surface area contributed by atoms with Gasteiger partial charge in [-0.15, -0.1) is 0 Å². The molecule has 1 unspecified atom stereocenters. The number of methoxy groups -OCH3 is 1. The Morgan fingerprint density at radius 3 is 3.06 bits per heavy atom. The van der Waals surface area contributed by atoms with E-state index in [0.29, 0.717) is 24.4 Å². The Morgan fingerprint density at radius 2 is 2.44 bits per heavy atom. The van der Waals surface area contributed by atoms with Crippen molar-refractivity contribution in [1.82, 2.24) is 5.32 Å². The summed E-state index contributed by atoms with van der Waals surface area (Å²) in [6.45, 7) is 3.32. The van der Waals surface area contributed by atoms with E-state index >= 15 is 0 Å². The maximum absolute atomic E-state index is 11.1. The van der Waals surface area contributed by atoms with Crippen LogP contribution in [-0.4, -0.2) is 31.3 Å². The third kappa shape index (κ3) is 3.67. The third-order valence-corrected chi connectivity index (χ3v) is 2.18. The first kappa shape index (κ1) is 12.7. The van der Waals surface area contributed by atoms with Gasteiger partial charge in [0.05, 0.1) is 19.2 Å². The van der Waals surface area contributed by atoms with Gasteiger partial charge in [0.2, 0.25) is 0 Å². The Kier molecular flexibility index (Phi) is 5.01. The van der Waals surface area contributed by atoms with Crippen molar-refractivity contribution in [3.8, 4) is 0 Å². The second-order valence-corrected chi connectivity index (χ2v) is 3.71. The van der Waals surface area contributed by atoms with E-state index in [0.717, 1.165) is 0 Å². The number of furan rings is 1. The lowest BCUT2D eigenvalue weighted by Gasteiger charge is -2.07. The molecule has 1 aromatic rings. The van der Waals surface area contributed by atoms with E-state index in [4.69, 9.17) is 9.52 Å². The van der Waals surface area contributed by atoms with Crippen molar-refractivity contribution >= 4 is 5.97 Å². The second-order valence-electron chi connectivity index (χ2n) is 3.71. The first-order valence-corrected chi connectivity index (χ1v) is 5.14. The molecular formula is C11H17NO4. The van der Waals surface area contributed by atoms with Crippen molar-refractivity contribution in [2.45, 2.75) is 13.5 Å². The molecule has 1 heterocycles. The van der Waals surface area contributed by atoms with Gasteiger partial charge >= 0.3 is 5.97 Å². The molecule has 1 aromatic heterocycles. The number of nitrogens with one attached hydrogen (secondary N) is 1. The zero-order chi connectivity index (χ0) is 12.0. The predicted octanol–water partition coefficient (Wildman–Crippen LogP) is 0.784. The maximum atomic E-state index is 11.1. The lowest BCUT2D eigenvalue weighted by molar-refractivity contribution is 0.0600. The van der Waals surface area contributed by atoms with Gasteiger partial charge in [0.1, 0.15) is 12.0 Å². The zero-order valence-corrected chi connectivity index (χ0v) is 9.53. The van der Waals surface area contributed by atoms with Crippen LogP contribution in [0.4, 0.5) is 0 Å². The normalized spacial score (nSPS) is 12.4. The summed E-state index contributed by atoms with van der Waals surface area (Å²) < 4.78 is 9.73. The highest BCUT2D eigenvalue weighted by Gasteiger charge is 2.09. The van der Waals surface area contributed by atoms with Gasteiger partial charge < -0.3 is 19.6 Å². The summed E-state index contributed by atoms with van der Waals surface area (Å²) in [7, 11) is 1.33. The number of carbonyl (C=O) groups excluding carboxylic acids is 1. The Morgan fingerprint density at radius 1 is 1.69 bits per heavy atom. The molecule has 0 aliphatic rings. The molecule has 0 saturated heterocycles. The lowest BCUT2D eigenvalue weighted by atomic mass is 10.2. The molecule has 5 heteroatoms. The van der Waals surface area contributed by atoms with Gasteiger partial charge in [-0.1, -0.05) is 6.92 Å². The molecule has 0 radical (unpaired) electrons. The number of hydrogen-bond donors (Lipinski definition) is 2. The van der Waals surface area contributed by atoms with Gasteiger partial charge in [0.25, 0.3) is 0 Å². The van der Waals surface area contributed by atoms with Gasteiger partial charge in [0.15, 0.2) is 0 Å². The van der Waals surface area contributed by atoms with E-state index in [-0.39, 0.29) is 12.5 Å². The molecule has 16 heavy (non-hydrogen) atoms. The molecule has 0 aliphatic heterocycles. The summed E-state index contributed by atoms with van der Waals surface area (Å²) in [5.74, 6) is 0.472. The van der Waals surface area contributed by atoms with Crippen LogP contribution in [0.2, 0.25) is 0 Å². The van der Waals surface area contributed by atoms with Crippen LogP contribution in [-0.2, 0) is 11.3 Å². The highest BCUT2D eigenvalue weighted by atomic mass is 16.5. The quantitative estimate of drug-likeness (QED) is 0.703. The van der Waals surface area contributed by atoms with Crippen LogP contribution < -0.4 is 5.32 Å². The average Bonchev–Trinajstić information content (AvgIpc) is 2.76. The van der Waals surface area contributed by atoms with E-state index in [1.54, 1.807) is 6.07 Å². The van der Waals surface area contributed by atoms with Gasteiger partial charge in [-0.05, 0) is 12.0 Å². The highest BCUT2D eigenvalue weighted by molar-refractivity contribution is 5.88. The fraction of sp³-hybridized carbons (Fsp3) is 0.545. The highest BCUT2D eigenvalue weighted by Crippen LogP contribution is 2.08. The van der Waals surface area contributed by atoms with E-state index in [1.165, 1.54) is 13.4 Å². The minimum atomic E-state index is -0.404. The summed E-state index contributed by atoms with van der Waals surface area (Å²) in [5, 5.41) is 11.9. The van der Waals surface area contributed by atoms with Crippen molar-refractivity contribution in [2.75, 3.05) is 20.3 Å². The van der Waals surface area contributed by atoms with Crippen molar-refractivity contribution in [3.63, 3.8) is 0 Å². The summed E-state index contributed by atoms with van der Waals surface area (Å²) in [4.78, 5) is 11.1. The SMILES string of the molecule is COC(=O)c1coc(CNCC(C)CO)c1. The van der Waals surface area contributed by atoms with E-state index in [9.17, 15) is 4.79 Å². The summed E-state index contributed by atoms with van der Waals surface area (Å²) >= 11 is 0. The van der Waals surface area contributed by atoms with Crippen molar-refractivity contribution in [3.05, 3.63) is 23.7 Å². The largest absolute Gasteiger partial charge is 0.467 e. The molecule has 0 fully saturated rings. The lowest BCUT2D eigenvalue weighted by Crippen LogP contribution is -2.22. The Hall–Kier alpha value is -1.33. The number of ether oxygens (including phenoxy) is 1. The molecular weight excluding hydrogens is 210 g/mol. The van der Waals surface area contributed by atoms with Crippen LogP contribution in [0.15, 0.2) is 16.7 Å². The number of carbonyl (C=O) groups is 1. The molecule has 5 nitrogen and oxygen atoms in total. The number of aliphatic hydroxyl groups is 1. The number of aliphatic hydroxyl groups excluding tert-OH is 1. The summed E-state index contributed by atoms with van der Waals surface area (Å²) in [6.07, 6.45) is 1.37. The molecule has 1 atom stereocenters. The zero-order valence-electron chi connectivity index (χ0n) is 9.53. The van der Waals surface area contributed by atoms with Crippen LogP contribution >= 0.6 is 0 Å². The van der Waals surface area contributed by atoms with Crippen molar-refractivity contribution in [2.24, 2.45) is 5.92 Å². The third-order valence-electron chi connectivity index (χ3n) is 2.18. The fourth-order valence-corrected chi connectivity index (χ4v) is 1.20. The van der Waals surface area contributed by atoms with Gasteiger partial charge in [-0.2, -0.15) is 0 Å². The minimum absolute atomic E-state index is 0.151. The molecule has 0 amide bonds. The first-order valence-electron chi connectivity index (χ1n) is 5.14. The van der Waals surface area contributed by atoms with E-state index in [1.807, 2.05) is 6.92 Å². The fourth-order valence-electron chi connectivity index (χ4n) is 1.20. The minimum Gasteiger partial charge on any atom is -0.467 e. The van der Waals surface area contributed by atoms with Crippen molar-refractivity contribution < 1.29 is 19.1 Å². The van der Waals surface area contributed by atoms with Crippen LogP contribution in [0.25, 0.3) is 0 Å². The Labute approximate surface area is 94.4 Å². The molecule has 0 bridgehead atoms. The second kappa shape index (κ2) is 6.30. The topological polar surface area (TPSA) is 71.7 Å². The molecule has 0 spiro atoms. The van der Waals surface area contributed by atoms with E-state index in [2.05, 4.69) is 10.1 Å². The summed E-state index contributed by atoms with van der Waals surface area (Å²) in [6, 6.07) is 1.64. The monoisotopic (exact) mass is 227 g/mol. The Balaban J connectivity index is 2.38. The van der Waals surface area contributed by atoms with Gasteiger partial charge in [-0.3, -0.25) is 0 Å². The van der Waals surface area contributed by atoms with Crippen LogP contribution in [0, 0.1) is 5.92 Å². The molecule has 2 N–H and O–H groups in total. The Bertz CT molecular complexity index is 334. The maximum Gasteiger partial charge on any atom is 0.341 e. The molecule has 90 valence electrons. The smallest absolute Gasteiger partial charge is 0.341 e.